The highest BCUT2D eigenvalue weighted by Crippen LogP contribution is 2.36. The Labute approximate surface area is 346 Å². The van der Waals surface area contributed by atoms with Crippen LogP contribution in [0.3, 0.4) is 0 Å². The van der Waals surface area contributed by atoms with Gasteiger partial charge in [-0.25, -0.2) is 4.98 Å². The molecule has 0 aliphatic heterocycles. The maximum atomic E-state index is 6.34. The van der Waals surface area contributed by atoms with E-state index in [1.165, 1.54) is 42.5 Å². The Bertz CT molecular complexity index is 2440. The van der Waals surface area contributed by atoms with E-state index in [9.17, 15) is 0 Å². The van der Waals surface area contributed by atoms with Crippen LogP contribution in [-0.4, -0.2) is 23.8 Å². The van der Waals surface area contributed by atoms with Crippen molar-refractivity contribution in [1.29, 1.82) is 0 Å². The van der Waals surface area contributed by atoms with Crippen molar-refractivity contribution in [1.82, 2.24) is 10.3 Å². The van der Waals surface area contributed by atoms with Gasteiger partial charge in [0, 0.05) is 81.2 Å². The molecule has 6 aromatic rings. The summed E-state index contributed by atoms with van der Waals surface area (Å²) < 4.78 is 3.95. The van der Waals surface area contributed by atoms with Crippen LogP contribution in [0.2, 0.25) is 0 Å². The molecule has 7 rings (SSSR count). The van der Waals surface area contributed by atoms with Crippen molar-refractivity contribution in [3.05, 3.63) is 135 Å². The monoisotopic (exact) mass is 871 g/mol. The van der Waals surface area contributed by atoms with Crippen molar-refractivity contribution in [2.45, 2.75) is 58.8 Å². The number of anilines is 5. The Balaban J connectivity index is 0.863. The van der Waals surface area contributed by atoms with Crippen LogP contribution in [0, 0.1) is 6.92 Å². The van der Waals surface area contributed by atoms with E-state index in [-0.39, 0.29) is 0 Å². The molecule has 1 aromatic heterocycles. The lowest BCUT2D eigenvalue weighted by atomic mass is 10.0. The molecule has 0 fully saturated rings. The van der Waals surface area contributed by atoms with Crippen molar-refractivity contribution in [2.24, 2.45) is 4.99 Å². The summed E-state index contributed by atoms with van der Waals surface area (Å²) in [5.41, 5.74) is 27.3. The number of rotatable bonds is 15. The number of hydrogen-bond donors (Lipinski definition) is 5. The Hall–Kier alpha value is -5.19. The summed E-state index contributed by atoms with van der Waals surface area (Å²) in [4.78, 5) is 10.1. The van der Waals surface area contributed by atoms with Gasteiger partial charge < -0.3 is 27.4 Å². The van der Waals surface area contributed by atoms with Crippen molar-refractivity contribution in [3.8, 4) is 5.69 Å². The third kappa shape index (κ3) is 9.42. The van der Waals surface area contributed by atoms with Crippen LogP contribution in [0.4, 0.5) is 34.1 Å². The van der Waals surface area contributed by atoms with Crippen LogP contribution in [0.15, 0.2) is 134 Å². The Morgan fingerprint density at radius 2 is 1.32 bits per heavy atom. The quantitative estimate of drug-likeness (QED) is 0.0304. The number of benzene rings is 5. The highest BCUT2D eigenvalue weighted by atomic mass is 79.9. The second-order valence-electron chi connectivity index (χ2n) is 14.4. The predicted molar refractivity (Wildman–Crippen MR) is 244 cm³/mol. The summed E-state index contributed by atoms with van der Waals surface area (Å²) in [5, 5.41) is 10.9. The van der Waals surface area contributed by atoms with Crippen LogP contribution in [0.5, 0.6) is 0 Å². The number of para-hydroxylation sites is 2. The molecule has 56 heavy (non-hydrogen) atoms. The molecule has 10 heteroatoms. The lowest BCUT2D eigenvalue weighted by molar-refractivity contribution is -0.538. The van der Waals surface area contributed by atoms with Crippen molar-refractivity contribution < 1.29 is 4.57 Å². The molecule has 0 bridgehead atoms. The zero-order chi connectivity index (χ0) is 39.0. The molecular formula is C46H49Br2N8+. The summed E-state index contributed by atoms with van der Waals surface area (Å²) in [6.07, 6.45) is 12.4. The average Bonchev–Trinajstić information content (AvgIpc) is 3.19. The van der Waals surface area contributed by atoms with Gasteiger partial charge in [-0.1, -0.05) is 68.2 Å². The minimum absolute atomic E-state index is 0.670. The maximum absolute atomic E-state index is 6.34. The van der Waals surface area contributed by atoms with Gasteiger partial charge in [-0.3, -0.25) is 4.99 Å². The fourth-order valence-corrected chi connectivity index (χ4v) is 7.80. The maximum Gasteiger partial charge on any atom is 0.239 e. The predicted octanol–water partition coefficient (Wildman–Crippen LogP) is 11.8. The van der Waals surface area contributed by atoms with Gasteiger partial charge in [0.15, 0.2) is 0 Å². The molecule has 0 unspecified atom stereocenters. The van der Waals surface area contributed by atoms with Gasteiger partial charge >= 0.3 is 0 Å². The van der Waals surface area contributed by atoms with Crippen LogP contribution < -0.4 is 32.0 Å². The van der Waals surface area contributed by atoms with Crippen molar-refractivity contribution in [2.75, 3.05) is 35.2 Å². The normalized spacial score (nSPS) is 13.5. The van der Waals surface area contributed by atoms with Crippen LogP contribution in [0.25, 0.3) is 27.8 Å². The van der Waals surface area contributed by atoms with E-state index in [0.29, 0.717) is 11.4 Å². The molecule has 0 atom stereocenters. The zero-order valence-corrected chi connectivity index (χ0v) is 35.2. The van der Waals surface area contributed by atoms with E-state index in [1.807, 2.05) is 60.7 Å². The molecule has 1 aliphatic rings. The summed E-state index contributed by atoms with van der Waals surface area (Å²) in [6.45, 7) is 6.21. The summed E-state index contributed by atoms with van der Waals surface area (Å²) >= 11 is 7.17. The van der Waals surface area contributed by atoms with Gasteiger partial charge in [-0.15, -0.1) is 4.57 Å². The fraction of sp³-hybridized carbons (Fsp3) is 0.239. The topological polar surface area (TPSA) is 117 Å². The lowest BCUT2D eigenvalue weighted by Gasteiger charge is -2.17. The molecular weight excluding hydrogens is 824 g/mol. The molecule has 1 heterocycles. The van der Waals surface area contributed by atoms with Crippen LogP contribution in [0.1, 0.15) is 57.4 Å². The largest absolute Gasteiger partial charge is 0.398 e. The number of aryl methyl sites for hydroxylation is 1. The number of allylic oxidation sites excluding steroid dienone is 3. The molecule has 0 amide bonds. The van der Waals surface area contributed by atoms with Crippen molar-refractivity contribution >= 4 is 93.8 Å². The highest BCUT2D eigenvalue weighted by Gasteiger charge is 2.22. The first kappa shape index (κ1) is 39.1. The SMILES string of the molecule is CC1=CC(=Nc2cc(Br)c(N)cc2Nc2ccccc2)CC=C1NCCCCCCCCNc1cc2c(cc1C)nc1cc(Br)c(N)cc1[n+]2-c1ccccc1. The number of nitrogens with zero attached hydrogens (tertiary/aromatic N) is 3. The van der Waals surface area contributed by atoms with E-state index in [4.69, 9.17) is 21.4 Å². The number of nitrogens with two attached hydrogens (primary N) is 2. The molecule has 0 spiro atoms. The van der Waals surface area contributed by atoms with Gasteiger partial charge in [0.25, 0.3) is 0 Å². The van der Waals surface area contributed by atoms with Gasteiger partial charge in [0.2, 0.25) is 16.7 Å². The van der Waals surface area contributed by atoms with Crippen LogP contribution >= 0.6 is 31.9 Å². The molecule has 0 saturated heterocycles. The average molecular weight is 874 g/mol. The van der Waals surface area contributed by atoms with E-state index in [0.717, 1.165) is 97.5 Å². The first-order valence-electron chi connectivity index (χ1n) is 19.4. The number of nitrogens with one attached hydrogen (secondary N) is 3. The number of hydrogen-bond acceptors (Lipinski definition) is 7. The van der Waals surface area contributed by atoms with Crippen molar-refractivity contribution in [3.63, 3.8) is 0 Å². The third-order valence-electron chi connectivity index (χ3n) is 10.1. The van der Waals surface area contributed by atoms with E-state index in [2.05, 4.69) is 115 Å². The standard InChI is InChI=1S/C46H48Br2N8/c1-30-23-33(54-41-25-35(47)37(49)27-42(41)53-32-15-9-7-10-16-32)19-20-39(30)51-21-13-5-3-4-6-14-22-52-40-29-46-43(24-31(40)2)55-44-26-36(48)38(50)28-45(44)56(46)34-17-11-8-12-18-34/h7-12,15-18,20,23-29,51,53H,3-6,13-14,19,21-22,49H2,1-2H3,(H2,50,52)/p+1. The minimum atomic E-state index is 0.670. The first-order chi connectivity index (χ1) is 27.2. The third-order valence-corrected chi connectivity index (χ3v) is 11.5. The fourth-order valence-electron chi connectivity index (χ4n) is 7.14. The van der Waals surface area contributed by atoms with E-state index in [1.54, 1.807) is 0 Å². The van der Waals surface area contributed by atoms with Gasteiger partial charge in [0.05, 0.1) is 17.1 Å². The molecule has 1 aliphatic carbocycles. The van der Waals surface area contributed by atoms with E-state index < -0.39 is 0 Å². The molecule has 0 radical (unpaired) electrons. The number of unbranched alkanes of at least 4 members (excludes halogenated alkanes) is 5. The highest BCUT2D eigenvalue weighted by molar-refractivity contribution is 9.11. The first-order valence-corrected chi connectivity index (χ1v) is 21.0. The minimum Gasteiger partial charge on any atom is -0.398 e. The number of nitrogen functional groups attached to an aromatic ring is 2. The smallest absolute Gasteiger partial charge is 0.239 e. The second-order valence-corrected chi connectivity index (χ2v) is 16.1. The summed E-state index contributed by atoms with van der Waals surface area (Å²) in [7, 11) is 0. The zero-order valence-electron chi connectivity index (χ0n) is 32.0. The Kier molecular flexibility index (Phi) is 12.7. The number of fused-ring (bicyclic) bond motifs is 2. The van der Waals surface area contributed by atoms with Gasteiger partial charge in [-0.2, -0.15) is 0 Å². The Morgan fingerprint density at radius 3 is 2.05 bits per heavy atom. The second kappa shape index (κ2) is 18.2. The molecule has 8 nitrogen and oxygen atoms in total. The molecule has 5 aromatic carbocycles. The summed E-state index contributed by atoms with van der Waals surface area (Å²) in [6, 6.07) is 32.8. The van der Waals surface area contributed by atoms with Crippen LogP contribution in [-0.2, 0) is 0 Å². The molecule has 286 valence electrons. The number of halogens is 2. The number of aliphatic imine (C=N–C) groups is 1. The number of aromatic nitrogens is 2. The van der Waals surface area contributed by atoms with E-state index >= 15 is 0 Å². The molecule has 7 N–H and O–H groups in total. The van der Waals surface area contributed by atoms with Gasteiger partial charge in [0.1, 0.15) is 11.0 Å². The Morgan fingerprint density at radius 1 is 0.696 bits per heavy atom. The lowest BCUT2D eigenvalue weighted by Crippen LogP contribution is -2.33. The summed E-state index contributed by atoms with van der Waals surface area (Å²) in [5.74, 6) is 0. The molecule has 0 saturated carbocycles. The van der Waals surface area contributed by atoms with Gasteiger partial charge in [-0.05, 0) is 112 Å².